The van der Waals surface area contributed by atoms with Crippen molar-refractivity contribution in [1.82, 2.24) is 4.98 Å². The Labute approximate surface area is 139 Å². The number of hydrogen-bond acceptors (Lipinski definition) is 6. The molecule has 0 atom stereocenters. The van der Waals surface area contributed by atoms with E-state index in [1.54, 1.807) is 17.5 Å². The summed E-state index contributed by atoms with van der Waals surface area (Å²) in [6, 6.07) is 7.17. The zero-order chi connectivity index (χ0) is 15.9. The normalized spacial score (nSPS) is 10.1. The third-order valence-corrected chi connectivity index (χ3v) is 3.87. The molecule has 1 heterocycles. The van der Waals surface area contributed by atoms with Gasteiger partial charge in [0.15, 0.2) is 11.7 Å². The first-order valence-corrected chi connectivity index (χ1v) is 7.93. The number of hydrogen-bond donors (Lipinski definition) is 1. The minimum Gasteiger partial charge on any atom is -0.484 e. The van der Waals surface area contributed by atoms with Crippen LogP contribution < -0.4 is 10.1 Å². The van der Waals surface area contributed by atoms with Crippen LogP contribution in [0.25, 0.3) is 0 Å². The van der Waals surface area contributed by atoms with Gasteiger partial charge in [-0.3, -0.25) is 14.9 Å². The number of benzene rings is 1. The number of nitrogens with one attached hydrogen (secondary N) is 1. The summed E-state index contributed by atoms with van der Waals surface area (Å²) in [5.41, 5.74) is 0.556. The van der Waals surface area contributed by atoms with Gasteiger partial charge < -0.3 is 9.47 Å². The summed E-state index contributed by atoms with van der Waals surface area (Å²) in [6.45, 7) is -0.118. The number of amides is 1. The lowest BCUT2D eigenvalue weighted by molar-refractivity contribution is -0.139. The first-order chi connectivity index (χ1) is 10.6. The van der Waals surface area contributed by atoms with Crippen LogP contribution in [0.2, 0.25) is 0 Å². The van der Waals surface area contributed by atoms with Crippen LogP contribution in [0.4, 0.5) is 5.13 Å². The lowest BCUT2D eigenvalue weighted by Crippen LogP contribution is -2.20. The molecule has 0 saturated heterocycles. The number of halogens is 1. The Bertz CT molecular complexity index is 657. The number of carbonyl (C=O) groups is 2. The van der Waals surface area contributed by atoms with Crippen molar-refractivity contribution in [2.75, 3.05) is 19.0 Å². The van der Waals surface area contributed by atoms with Gasteiger partial charge in [-0.2, -0.15) is 0 Å². The molecule has 8 heteroatoms. The molecular weight excluding hydrogens is 372 g/mol. The average molecular weight is 385 g/mol. The summed E-state index contributed by atoms with van der Waals surface area (Å²) in [4.78, 5) is 27.0. The van der Waals surface area contributed by atoms with Crippen LogP contribution in [0.3, 0.4) is 0 Å². The first-order valence-electron chi connectivity index (χ1n) is 6.26. The van der Waals surface area contributed by atoms with E-state index >= 15 is 0 Å². The van der Waals surface area contributed by atoms with Crippen LogP contribution in [0.5, 0.6) is 5.75 Å². The van der Waals surface area contributed by atoms with Gasteiger partial charge in [-0.15, -0.1) is 11.3 Å². The average Bonchev–Trinajstić information content (AvgIpc) is 2.93. The smallest absolute Gasteiger partial charge is 0.311 e. The van der Waals surface area contributed by atoms with E-state index in [2.05, 4.69) is 31.0 Å². The molecule has 2 rings (SSSR count). The minimum atomic E-state index is -0.373. The van der Waals surface area contributed by atoms with E-state index in [0.29, 0.717) is 16.6 Å². The Morgan fingerprint density at radius 1 is 1.32 bits per heavy atom. The maximum Gasteiger partial charge on any atom is 0.311 e. The second-order valence-electron chi connectivity index (χ2n) is 4.19. The van der Waals surface area contributed by atoms with Gasteiger partial charge in [-0.05, 0) is 24.3 Å². The van der Waals surface area contributed by atoms with Crippen molar-refractivity contribution < 1.29 is 19.1 Å². The van der Waals surface area contributed by atoms with Crippen LogP contribution in [-0.4, -0.2) is 30.6 Å². The van der Waals surface area contributed by atoms with E-state index in [0.717, 1.165) is 4.47 Å². The van der Waals surface area contributed by atoms with Crippen molar-refractivity contribution >= 4 is 44.3 Å². The number of carbonyl (C=O) groups excluding carboxylic acids is 2. The van der Waals surface area contributed by atoms with Crippen LogP contribution >= 0.6 is 27.3 Å². The summed E-state index contributed by atoms with van der Waals surface area (Å²) in [5.74, 6) is -0.0903. The molecule has 0 saturated carbocycles. The highest BCUT2D eigenvalue weighted by atomic mass is 79.9. The number of thiazole rings is 1. The third kappa shape index (κ3) is 5.12. The largest absolute Gasteiger partial charge is 0.484 e. The van der Waals surface area contributed by atoms with Crippen molar-refractivity contribution in [3.63, 3.8) is 0 Å². The van der Waals surface area contributed by atoms with Crippen LogP contribution in [0.15, 0.2) is 34.1 Å². The summed E-state index contributed by atoms with van der Waals surface area (Å²) in [5, 5.41) is 4.73. The predicted octanol–water partition coefficient (Wildman–Crippen LogP) is 2.64. The predicted molar refractivity (Wildman–Crippen MR) is 86.1 cm³/mol. The number of nitrogens with zero attached hydrogens (tertiary/aromatic N) is 1. The lowest BCUT2D eigenvalue weighted by atomic mass is 10.3. The Hall–Kier alpha value is -1.93. The molecule has 0 fully saturated rings. The molecule has 6 nitrogen and oxygen atoms in total. The minimum absolute atomic E-state index is 0.0816. The maximum absolute atomic E-state index is 11.8. The van der Waals surface area contributed by atoms with Gasteiger partial charge in [0.1, 0.15) is 5.75 Å². The monoisotopic (exact) mass is 384 g/mol. The van der Waals surface area contributed by atoms with E-state index in [4.69, 9.17) is 4.74 Å². The SMILES string of the molecule is COC(=O)Cc1csc(NC(=O)COc2ccc(Br)cc2)n1. The number of ether oxygens (including phenoxy) is 2. The van der Waals surface area contributed by atoms with Crippen LogP contribution in [0, 0.1) is 0 Å². The highest BCUT2D eigenvalue weighted by molar-refractivity contribution is 9.10. The van der Waals surface area contributed by atoms with E-state index in [1.807, 2.05) is 12.1 Å². The lowest BCUT2D eigenvalue weighted by Gasteiger charge is -2.05. The van der Waals surface area contributed by atoms with Crippen LogP contribution in [-0.2, 0) is 20.7 Å². The fourth-order valence-corrected chi connectivity index (χ4v) is 2.49. The van der Waals surface area contributed by atoms with Crippen molar-refractivity contribution in [2.45, 2.75) is 6.42 Å². The molecule has 1 N–H and O–H groups in total. The Morgan fingerprint density at radius 3 is 2.73 bits per heavy atom. The van der Waals surface area contributed by atoms with Gasteiger partial charge in [-0.1, -0.05) is 15.9 Å². The summed E-state index contributed by atoms with van der Waals surface area (Å²) in [6.07, 6.45) is 0.0816. The van der Waals surface area contributed by atoms with Crippen molar-refractivity contribution in [1.29, 1.82) is 0 Å². The molecule has 1 amide bonds. The number of rotatable bonds is 6. The Morgan fingerprint density at radius 2 is 2.05 bits per heavy atom. The molecule has 0 radical (unpaired) electrons. The Kier molecular flexibility index (Phi) is 5.91. The molecule has 2 aromatic rings. The van der Waals surface area contributed by atoms with Gasteiger partial charge in [-0.25, -0.2) is 4.98 Å². The molecule has 0 unspecified atom stereocenters. The molecule has 116 valence electrons. The van der Waals surface area contributed by atoms with Crippen molar-refractivity contribution in [3.05, 3.63) is 39.8 Å². The second-order valence-corrected chi connectivity index (χ2v) is 5.96. The zero-order valence-corrected chi connectivity index (χ0v) is 14.1. The fraction of sp³-hybridized carbons (Fsp3) is 0.214. The molecule has 0 bridgehead atoms. The van der Waals surface area contributed by atoms with Gasteiger partial charge in [0.25, 0.3) is 5.91 Å². The van der Waals surface area contributed by atoms with Crippen LogP contribution in [0.1, 0.15) is 5.69 Å². The molecular formula is C14H13BrN2O4S. The summed E-state index contributed by atoms with van der Waals surface area (Å²) in [7, 11) is 1.32. The van der Waals surface area contributed by atoms with Gasteiger partial charge >= 0.3 is 5.97 Å². The van der Waals surface area contributed by atoms with E-state index < -0.39 is 0 Å². The summed E-state index contributed by atoms with van der Waals surface area (Å²) >= 11 is 4.56. The highest BCUT2D eigenvalue weighted by Crippen LogP contribution is 2.17. The zero-order valence-electron chi connectivity index (χ0n) is 11.7. The Balaban J connectivity index is 1.81. The van der Waals surface area contributed by atoms with Gasteiger partial charge in [0.2, 0.25) is 0 Å². The topological polar surface area (TPSA) is 77.5 Å². The number of methoxy groups -OCH3 is 1. The van der Waals surface area contributed by atoms with E-state index in [1.165, 1.54) is 18.4 Å². The number of aromatic nitrogens is 1. The third-order valence-electron chi connectivity index (χ3n) is 2.53. The number of anilines is 1. The van der Waals surface area contributed by atoms with Crippen molar-refractivity contribution in [3.8, 4) is 5.75 Å². The molecule has 1 aromatic carbocycles. The summed E-state index contributed by atoms with van der Waals surface area (Å²) < 4.78 is 10.8. The standard InChI is InChI=1S/C14H13BrN2O4S/c1-20-13(19)6-10-8-22-14(16-10)17-12(18)7-21-11-4-2-9(15)3-5-11/h2-5,8H,6-7H2,1H3,(H,16,17,18). The second kappa shape index (κ2) is 7.90. The first kappa shape index (κ1) is 16.4. The van der Waals surface area contributed by atoms with Crippen molar-refractivity contribution in [2.24, 2.45) is 0 Å². The highest BCUT2D eigenvalue weighted by Gasteiger charge is 2.10. The molecule has 0 aliphatic carbocycles. The quantitative estimate of drug-likeness (QED) is 0.774. The molecule has 0 aliphatic heterocycles. The van der Waals surface area contributed by atoms with E-state index in [-0.39, 0.29) is 24.9 Å². The van der Waals surface area contributed by atoms with E-state index in [9.17, 15) is 9.59 Å². The maximum atomic E-state index is 11.8. The van der Waals surface area contributed by atoms with Gasteiger partial charge in [0, 0.05) is 9.85 Å². The fourth-order valence-electron chi connectivity index (χ4n) is 1.50. The molecule has 0 aliphatic rings. The molecule has 1 aromatic heterocycles. The van der Waals surface area contributed by atoms with Gasteiger partial charge in [0.05, 0.1) is 19.2 Å². The number of esters is 1. The molecule has 22 heavy (non-hydrogen) atoms. The molecule has 0 spiro atoms.